The topological polar surface area (TPSA) is 151 Å². The average Bonchev–Trinajstić information content (AvgIpc) is 3.22. The van der Waals surface area contributed by atoms with Crippen LogP contribution in [0.3, 0.4) is 0 Å². The number of ether oxygens (including phenoxy) is 1. The second-order valence-corrected chi connectivity index (χ2v) is 10.5. The van der Waals surface area contributed by atoms with Crippen LogP contribution in [0, 0.1) is 6.92 Å². The predicted molar refractivity (Wildman–Crippen MR) is 145 cm³/mol. The Kier molecular flexibility index (Phi) is 7.01. The van der Waals surface area contributed by atoms with Gasteiger partial charge in [-0.1, -0.05) is 11.6 Å². The van der Waals surface area contributed by atoms with E-state index in [1.165, 1.54) is 12.5 Å². The van der Waals surface area contributed by atoms with Gasteiger partial charge in [0, 0.05) is 41.3 Å². The van der Waals surface area contributed by atoms with E-state index < -0.39 is 17.8 Å². The first-order valence-electron chi connectivity index (χ1n) is 12.2. The van der Waals surface area contributed by atoms with Crippen LogP contribution in [-0.4, -0.2) is 74.2 Å². The molecule has 198 valence electrons. The Morgan fingerprint density at radius 2 is 2.11 bits per heavy atom. The molecule has 0 spiro atoms. The molecule has 2 atom stereocenters. The molecule has 0 bridgehead atoms. The van der Waals surface area contributed by atoms with E-state index in [2.05, 4.69) is 30.6 Å². The van der Waals surface area contributed by atoms with Crippen molar-refractivity contribution in [2.75, 3.05) is 25.0 Å². The first kappa shape index (κ1) is 26.0. The molecule has 1 aliphatic rings. The fraction of sp³-hybridized carbons (Fsp3) is 0.346. The van der Waals surface area contributed by atoms with Gasteiger partial charge in [-0.05, 0) is 39.0 Å². The number of morpholine rings is 1. The number of aryl methyl sites for hydroxylation is 1. The number of aromatic nitrogens is 4. The van der Waals surface area contributed by atoms with Gasteiger partial charge < -0.3 is 26.1 Å². The van der Waals surface area contributed by atoms with Gasteiger partial charge in [-0.15, -0.1) is 0 Å². The lowest BCUT2D eigenvalue weighted by atomic mass is 10.0. The van der Waals surface area contributed by atoms with Crippen LogP contribution in [0.15, 0.2) is 43.1 Å². The number of anilines is 1. The van der Waals surface area contributed by atoms with Crippen molar-refractivity contribution in [1.82, 2.24) is 30.2 Å². The largest absolute Gasteiger partial charge is 0.372 e. The number of hydrogen-bond donors (Lipinski definition) is 4. The zero-order valence-electron chi connectivity index (χ0n) is 21.3. The maximum absolute atomic E-state index is 13.6. The van der Waals surface area contributed by atoms with Gasteiger partial charge in [-0.3, -0.25) is 19.5 Å². The molecule has 0 radical (unpaired) electrons. The number of carbonyl (C=O) groups is 2. The normalized spacial score (nSPS) is 18.4. The molecule has 12 heteroatoms. The molecule has 11 nitrogen and oxygen atoms in total. The lowest BCUT2D eigenvalue weighted by Gasteiger charge is -2.43. The summed E-state index contributed by atoms with van der Waals surface area (Å²) in [5.74, 6) is -0.648. The van der Waals surface area contributed by atoms with E-state index in [0.717, 1.165) is 21.8 Å². The van der Waals surface area contributed by atoms with Gasteiger partial charge in [0.1, 0.15) is 12.4 Å². The van der Waals surface area contributed by atoms with Crippen LogP contribution in [0.25, 0.3) is 21.8 Å². The molecule has 1 aliphatic heterocycles. The third-order valence-electron chi connectivity index (χ3n) is 6.59. The fourth-order valence-electron chi connectivity index (χ4n) is 4.78. The molecular formula is C26H29ClN8O3. The number of H-pyrrole nitrogens is 1. The Morgan fingerprint density at radius 3 is 2.89 bits per heavy atom. The van der Waals surface area contributed by atoms with Gasteiger partial charge in [-0.2, -0.15) is 0 Å². The van der Waals surface area contributed by atoms with Crippen molar-refractivity contribution in [3.63, 3.8) is 0 Å². The van der Waals surface area contributed by atoms with Crippen LogP contribution in [0.4, 0.5) is 5.69 Å². The lowest BCUT2D eigenvalue weighted by molar-refractivity contribution is -0.143. The molecule has 4 heterocycles. The zero-order chi connectivity index (χ0) is 27.0. The lowest BCUT2D eigenvalue weighted by Crippen LogP contribution is -2.62. The van der Waals surface area contributed by atoms with E-state index in [9.17, 15) is 9.59 Å². The monoisotopic (exact) mass is 536 g/mol. The van der Waals surface area contributed by atoms with Crippen LogP contribution in [0.5, 0.6) is 0 Å². The van der Waals surface area contributed by atoms with E-state index in [0.29, 0.717) is 28.5 Å². The van der Waals surface area contributed by atoms with Crippen LogP contribution in [-0.2, 0) is 9.53 Å². The number of rotatable bonds is 6. The van der Waals surface area contributed by atoms with Crippen molar-refractivity contribution in [2.24, 2.45) is 5.73 Å². The van der Waals surface area contributed by atoms with Gasteiger partial charge >= 0.3 is 0 Å². The molecule has 3 aromatic heterocycles. The van der Waals surface area contributed by atoms with Gasteiger partial charge in [0.05, 0.1) is 52.5 Å². The Bertz CT molecular complexity index is 1520. The molecule has 4 aromatic rings. The Hall–Kier alpha value is -3.64. The van der Waals surface area contributed by atoms with Crippen LogP contribution >= 0.6 is 11.6 Å². The minimum atomic E-state index is -0.745. The van der Waals surface area contributed by atoms with E-state index >= 15 is 0 Å². The standard InChI is InChI=1S/C26H29ClN8O3/c1-14-18(8-30-13-31-14)24(36)34-22(28)10-35-12-26(2,3)38-11-21(35)25(37)33-19-7-15(27)6-17-16-4-5-29-9-20(16)32-23(17)19/h4-9,13,21-22,32H,10-12,28H2,1-3H3,(H,33,37)(H,34,36)/t21?,22-/m1/s1. The van der Waals surface area contributed by atoms with Crippen LogP contribution in [0.1, 0.15) is 29.9 Å². The number of hydrogen-bond acceptors (Lipinski definition) is 8. The predicted octanol–water partition coefficient (Wildman–Crippen LogP) is 2.60. The highest BCUT2D eigenvalue weighted by Gasteiger charge is 2.38. The molecule has 1 fully saturated rings. The first-order chi connectivity index (χ1) is 18.1. The van der Waals surface area contributed by atoms with Gasteiger partial charge in [-0.25, -0.2) is 9.97 Å². The molecule has 38 heavy (non-hydrogen) atoms. The highest BCUT2D eigenvalue weighted by atomic mass is 35.5. The molecular weight excluding hydrogens is 508 g/mol. The Labute approximate surface area is 224 Å². The molecule has 5 N–H and O–H groups in total. The highest BCUT2D eigenvalue weighted by Crippen LogP contribution is 2.33. The fourth-order valence-corrected chi connectivity index (χ4v) is 5.00. The number of aromatic amines is 1. The summed E-state index contributed by atoms with van der Waals surface area (Å²) in [7, 11) is 0. The summed E-state index contributed by atoms with van der Waals surface area (Å²) in [6.07, 6.45) is 5.52. The number of nitrogens with zero attached hydrogens (tertiary/aromatic N) is 4. The molecule has 5 rings (SSSR count). The van der Waals surface area contributed by atoms with Gasteiger partial charge in [0.25, 0.3) is 5.91 Å². The summed E-state index contributed by atoms with van der Waals surface area (Å²) in [5, 5.41) is 8.14. The molecule has 1 unspecified atom stereocenters. The van der Waals surface area contributed by atoms with Crippen LogP contribution in [0.2, 0.25) is 5.02 Å². The molecule has 1 aromatic carbocycles. The molecule has 0 aliphatic carbocycles. The smallest absolute Gasteiger partial charge is 0.255 e. The quantitative estimate of drug-likeness (QED) is 0.274. The van der Waals surface area contributed by atoms with E-state index in [1.54, 1.807) is 25.4 Å². The SMILES string of the molecule is Cc1ncncc1C(=O)N[C@@H](N)CN1CC(C)(C)OCC1C(=O)Nc1cc(Cl)cc2c1[nH]c1cnccc12. The minimum Gasteiger partial charge on any atom is -0.372 e. The first-order valence-corrected chi connectivity index (χ1v) is 12.6. The van der Waals surface area contributed by atoms with Crippen molar-refractivity contribution in [1.29, 1.82) is 0 Å². The number of nitrogens with two attached hydrogens (primary N) is 1. The maximum Gasteiger partial charge on any atom is 0.255 e. The summed E-state index contributed by atoms with van der Waals surface area (Å²) >= 11 is 6.41. The Balaban J connectivity index is 1.36. The average molecular weight is 537 g/mol. The van der Waals surface area contributed by atoms with Gasteiger partial charge in [0.2, 0.25) is 5.91 Å². The molecule has 2 amide bonds. The van der Waals surface area contributed by atoms with Gasteiger partial charge in [0.15, 0.2) is 0 Å². The van der Waals surface area contributed by atoms with Crippen molar-refractivity contribution < 1.29 is 14.3 Å². The number of carbonyl (C=O) groups excluding carboxylic acids is 2. The number of pyridine rings is 1. The number of amides is 2. The highest BCUT2D eigenvalue weighted by molar-refractivity contribution is 6.33. The van der Waals surface area contributed by atoms with Crippen molar-refractivity contribution in [3.05, 3.63) is 59.4 Å². The van der Waals surface area contributed by atoms with Crippen molar-refractivity contribution in [3.8, 4) is 0 Å². The summed E-state index contributed by atoms with van der Waals surface area (Å²) in [4.78, 5) is 43.7. The number of halogens is 1. The van der Waals surface area contributed by atoms with Crippen molar-refractivity contribution >= 4 is 50.9 Å². The van der Waals surface area contributed by atoms with E-state index in [-0.39, 0.29) is 25.0 Å². The minimum absolute atomic E-state index is 0.158. The summed E-state index contributed by atoms with van der Waals surface area (Å²) in [6.45, 7) is 6.44. The number of benzene rings is 1. The maximum atomic E-state index is 13.6. The van der Waals surface area contributed by atoms with Crippen molar-refractivity contribution in [2.45, 2.75) is 38.6 Å². The summed E-state index contributed by atoms with van der Waals surface area (Å²) in [5.41, 5.74) is 8.85. The van der Waals surface area contributed by atoms with E-state index in [1.807, 2.05) is 30.9 Å². The second kappa shape index (κ2) is 10.3. The summed E-state index contributed by atoms with van der Waals surface area (Å²) < 4.78 is 5.98. The zero-order valence-corrected chi connectivity index (χ0v) is 22.0. The molecule has 1 saturated heterocycles. The Morgan fingerprint density at radius 1 is 1.29 bits per heavy atom. The third-order valence-corrected chi connectivity index (χ3v) is 6.81. The third kappa shape index (κ3) is 5.32. The number of fused-ring (bicyclic) bond motifs is 3. The summed E-state index contributed by atoms with van der Waals surface area (Å²) in [6, 6.07) is 4.81. The number of nitrogens with one attached hydrogen (secondary N) is 3. The molecule has 0 saturated carbocycles. The van der Waals surface area contributed by atoms with Crippen LogP contribution < -0.4 is 16.4 Å². The second-order valence-electron chi connectivity index (χ2n) is 10.0. The van der Waals surface area contributed by atoms with E-state index in [4.69, 9.17) is 22.1 Å².